The highest BCUT2D eigenvalue weighted by Gasteiger charge is 1.92. The molecule has 0 radical (unpaired) electrons. The van der Waals surface area contributed by atoms with Crippen LogP contribution in [0.4, 0.5) is 0 Å². The van der Waals surface area contributed by atoms with Gasteiger partial charge in [-0.2, -0.15) is 0 Å². The fourth-order valence-corrected chi connectivity index (χ4v) is 1.61. The lowest BCUT2D eigenvalue weighted by molar-refractivity contribution is 0.961. The lowest BCUT2D eigenvalue weighted by atomic mass is 10.1. The van der Waals surface area contributed by atoms with Crippen molar-refractivity contribution in [3.63, 3.8) is 0 Å². The number of nitrogens with two attached hydrogens (primary N) is 2. The molecular weight excluding hydrogens is 276 g/mol. The Morgan fingerprint density at radius 2 is 2.15 bits per heavy atom. The zero-order valence-electron chi connectivity index (χ0n) is 7.20. The van der Waals surface area contributed by atoms with E-state index in [2.05, 4.69) is 45.8 Å². The van der Waals surface area contributed by atoms with E-state index < -0.39 is 0 Å². The first-order valence-corrected chi connectivity index (χ1v) is 5.06. The molecule has 0 amide bonds. The Bertz CT molecular complexity index is 305. The fourth-order valence-electron chi connectivity index (χ4n) is 1.01. The van der Waals surface area contributed by atoms with Crippen molar-refractivity contribution in [2.45, 2.75) is 6.42 Å². The average molecular weight is 288 g/mol. The van der Waals surface area contributed by atoms with E-state index in [0.717, 1.165) is 6.42 Å². The number of aliphatic imine (C=N–C) groups is 1. The van der Waals surface area contributed by atoms with Crippen LogP contribution in [0, 0.1) is 3.57 Å². The largest absolute Gasteiger partial charge is 0.370 e. The van der Waals surface area contributed by atoms with Crippen LogP contribution in [-0.2, 0) is 6.42 Å². The number of rotatable bonds is 3. The second-order valence-corrected chi connectivity index (χ2v) is 3.93. The Morgan fingerprint density at radius 3 is 2.77 bits per heavy atom. The van der Waals surface area contributed by atoms with Crippen LogP contribution in [0.3, 0.4) is 0 Å². The minimum absolute atomic E-state index is 0.158. The summed E-state index contributed by atoms with van der Waals surface area (Å²) in [6.45, 7) is 0.655. The van der Waals surface area contributed by atoms with Gasteiger partial charge in [0.05, 0.1) is 0 Å². The molecular formula is C9H12IN3. The van der Waals surface area contributed by atoms with Gasteiger partial charge in [-0.1, -0.05) is 12.1 Å². The predicted molar refractivity (Wildman–Crippen MR) is 63.5 cm³/mol. The molecule has 0 saturated heterocycles. The maximum Gasteiger partial charge on any atom is 0.185 e. The Morgan fingerprint density at radius 1 is 1.38 bits per heavy atom. The van der Waals surface area contributed by atoms with Gasteiger partial charge in [-0.15, -0.1) is 0 Å². The van der Waals surface area contributed by atoms with Crippen LogP contribution >= 0.6 is 22.6 Å². The van der Waals surface area contributed by atoms with Crippen molar-refractivity contribution in [1.29, 1.82) is 0 Å². The molecule has 0 aromatic heterocycles. The molecule has 1 rings (SSSR count). The molecule has 0 bridgehead atoms. The summed E-state index contributed by atoms with van der Waals surface area (Å²) in [6.07, 6.45) is 0.884. The third-order valence-corrected chi connectivity index (χ3v) is 2.25. The number of halogens is 1. The number of nitrogens with zero attached hydrogens (tertiary/aromatic N) is 1. The van der Waals surface area contributed by atoms with Crippen molar-refractivity contribution in [3.05, 3.63) is 33.4 Å². The van der Waals surface area contributed by atoms with Gasteiger partial charge >= 0.3 is 0 Å². The molecule has 0 fully saturated rings. The van der Waals surface area contributed by atoms with Gasteiger partial charge in [0, 0.05) is 10.1 Å². The third kappa shape index (κ3) is 4.12. The minimum Gasteiger partial charge on any atom is -0.370 e. The summed E-state index contributed by atoms with van der Waals surface area (Å²) in [5.41, 5.74) is 11.7. The molecule has 4 heteroatoms. The highest BCUT2D eigenvalue weighted by atomic mass is 127. The normalized spacial score (nSPS) is 9.62. The summed E-state index contributed by atoms with van der Waals surface area (Å²) >= 11 is 2.29. The van der Waals surface area contributed by atoms with E-state index in [9.17, 15) is 0 Å². The Labute approximate surface area is 91.4 Å². The maximum atomic E-state index is 5.21. The summed E-state index contributed by atoms with van der Waals surface area (Å²) in [4.78, 5) is 3.92. The molecule has 0 saturated carbocycles. The summed E-state index contributed by atoms with van der Waals surface area (Å²) in [5.74, 6) is 0.158. The molecule has 0 spiro atoms. The molecule has 0 heterocycles. The van der Waals surface area contributed by atoms with Gasteiger partial charge in [0.15, 0.2) is 5.96 Å². The molecule has 0 atom stereocenters. The summed E-state index contributed by atoms with van der Waals surface area (Å²) in [5, 5.41) is 0. The van der Waals surface area contributed by atoms with Crippen LogP contribution in [0.5, 0.6) is 0 Å². The van der Waals surface area contributed by atoms with E-state index in [-0.39, 0.29) is 5.96 Å². The van der Waals surface area contributed by atoms with E-state index in [1.807, 2.05) is 6.07 Å². The molecule has 0 aliphatic carbocycles. The first-order chi connectivity index (χ1) is 6.18. The van der Waals surface area contributed by atoms with Crippen LogP contribution in [-0.4, -0.2) is 12.5 Å². The number of hydrogen-bond donors (Lipinski definition) is 2. The lowest BCUT2D eigenvalue weighted by Crippen LogP contribution is -2.23. The third-order valence-electron chi connectivity index (χ3n) is 1.58. The van der Waals surface area contributed by atoms with Crippen molar-refractivity contribution in [1.82, 2.24) is 0 Å². The molecule has 0 unspecified atom stereocenters. The number of benzene rings is 1. The van der Waals surface area contributed by atoms with Crippen LogP contribution in [0.25, 0.3) is 0 Å². The number of guanidine groups is 1. The van der Waals surface area contributed by atoms with E-state index in [1.165, 1.54) is 9.13 Å². The van der Waals surface area contributed by atoms with E-state index in [4.69, 9.17) is 11.5 Å². The lowest BCUT2D eigenvalue weighted by Gasteiger charge is -1.98. The van der Waals surface area contributed by atoms with Gasteiger partial charge in [-0.05, 0) is 46.7 Å². The average Bonchev–Trinajstić information content (AvgIpc) is 2.03. The Balaban J connectivity index is 2.50. The molecule has 4 N–H and O–H groups in total. The molecule has 1 aromatic rings. The topological polar surface area (TPSA) is 64.4 Å². The van der Waals surface area contributed by atoms with E-state index in [1.54, 1.807) is 0 Å². The molecule has 13 heavy (non-hydrogen) atoms. The number of hydrogen-bond acceptors (Lipinski definition) is 1. The smallest absolute Gasteiger partial charge is 0.185 e. The van der Waals surface area contributed by atoms with Crippen molar-refractivity contribution in [3.8, 4) is 0 Å². The molecule has 0 aliphatic heterocycles. The van der Waals surface area contributed by atoms with Crippen molar-refractivity contribution < 1.29 is 0 Å². The van der Waals surface area contributed by atoms with Gasteiger partial charge in [0.25, 0.3) is 0 Å². The fraction of sp³-hybridized carbons (Fsp3) is 0.222. The first kappa shape index (κ1) is 10.3. The summed E-state index contributed by atoms with van der Waals surface area (Å²) < 4.78 is 1.24. The minimum atomic E-state index is 0.158. The second kappa shape index (κ2) is 5.06. The van der Waals surface area contributed by atoms with Gasteiger partial charge in [0.2, 0.25) is 0 Å². The highest BCUT2D eigenvalue weighted by molar-refractivity contribution is 14.1. The highest BCUT2D eigenvalue weighted by Crippen LogP contribution is 2.08. The van der Waals surface area contributed by atoms with E-state index in [0.29, 0.717) is 6.54 Å². The summed E-state index contributed by atoms with van der Waals surface area (Å²) in [6, 6.07) is 8.30. The molecule has 1 aromatic carbocycles. The SMILES string of the molecule is N[11C](N)=NCCc1cccc(I)c1. The molecule has 3 nitrogen and oxygen atoms in total. The van der Waals surface area contributed by atoms with Gasteiger partial charge in [-0.3, -0.25) is 4.99 Å². The van der Waals surface area contributed by atoms with Crippen molar-refractivity contribution >= 4 is 28.6 Å². The molecule has 70 valence electrons. The summed E-state index contributed by atoms with van der Waals surface area (Å²) in [7, 11) is 0. The van der Waals surface area contributed by atoms with Crippen LogP contribution in [0.2, 0.25) is 0 Å². The van der Waals surface area contributed by atoms with Crippen LogP contribution in [0.15, 0.2) is 29.3 Å². The quantitative estimate of drug-likeness (QED) is 0.497. The second-order valence-electron chi connectivity index (χ2n) is 2.69. The van der Waals surface area contributed by atoms with Gasteiger partial charge in [-0.25, -0.2) is 0 Å². The zero-order chi connectivity index (χ0) is 9.68. The van der Waals surface area contributed by atoms with Crippen molar-refractivity contribution in [2.75, 3.05) is 6.54 Å². The van der Waals surface area contributed by atoms with E-state index >= 15 is 0 Å². The standard InChI is InChI=1S/C9H12IN3/c10-8-3-1-2-7(6-8)4-5-13-9(11)12/h1-3,6H,4-5H2,(H4,11,12,13)/i9-1. The van der Waals surface area contributed by atoms with Gasteiger partial charge in [0.1, 0.15) is 0 Å². The maximum absolute atomic E-state index is 5.21. The predicted octanol–water partition coefficient (Wildman–Crippen LogP) is 1.11. The first-order valence-electron chi connectivity index (χ1n) is 3.98. The zero-order valence-corrected chi connectivity index (χ0v) is 9.36. The van der Waals surface area contributed by atoms with Crippen molar-refractivity contribution in [2.24, 2.45) is 16.5 Å². The Kier molecular flexibility index (Phi) is 4.01. The van der Waals surface area contributed by atoms with Crippen LogP contribution in [0.1, 0.15) is 5.56 Å². The van der Waals surface area contributed by atoms with Crippen LogP contribution < -0.4 is 11.5 Å². The monoisotopic (exact) mass is 288 g/mol. The Hall–Kier alpha value is -0.780. The van der Waals surface area contributed by atoms with Gasteiger partial charge < -0.3 is 11.5 Å². The molecule has 0 aliphatic rings.